The second kappa shape index (κ2) is 3.63. The van der Waals surface area contributed by atoms with Crippen LogP contribution in [-0.4, -0.2) is 16.3 Å². The normalized spacial score (nSPS) is 24.9. The average Bonchev–Trinajstić information content (AvgIpc) is 2.64. The van der Waals surface area contributed by atoms with Gasteiger partial charge in [-0.1, -0.05) is 20.8 Å². The van der Waals surface area contributed by atoms with Crippen LogP contribution in [0.5, 0.6) is 0 Å². The number of rotatable bonds is 2. The van der Waals surface area contributed by atoms with Crippen LogP contribution in [0.3, 0.4) is 0 Å². The lowest BCUT2D eigenvalue weighted by molar-refractivity contribution is 0.488. The summed E-state index contributed by atoms with van der Waals surface area (Å²) < 4.78 is 2.05. The van der Waals surface area contributed by atoms with Gasteiger partial charge in [0.2, 0.25) is 0 Å². The van der Waals surface area contributed by atoms with Crippen LogP contribution in [0.25, 0.3) is 0 Å². The van der Waals surface area contributed by atoms with E-state index >= 15 is 0 Å². The molecule has 0 fully saturated rings. The highest BCUT2D eigenvalue weighted by Crippen LogP contribution is 2.40. The van der Waals surface area contributed by atoms with Gasteiger partial charge in [-0.15, -0.1) is 0 Å². The topological polar surface area (TPSA) is 43.8 Å². The summed E-state index contributed by atoms with van der Waals surface area (Å²) in [6.45, 7) is 7.46. The lowest BCUT2D eigenvalue weighted by Crippen LogP contribution is -2.17. The van der Waals surface area contributed by atoms with Crippen molar-refractivity contribution < 1.29 is 0 Å². The van der Waals surface area contributed by atoms with Gasteiger partial charge in [0.1, 0.15) is 0 Å². The van der Waals surface area contributed by atoms with E-state index in [0.717, 1.165) is 13.0 Å². The van der Waals surface area contributed by atoms with E-state index in [-0.39, 0.29) is 0 Å². The molecule has 0 amide bonds. The number of fused-ring (bicyclic) bond motifs is 1. The van der Waals surface area contributed by atoms with Gasteiger partial charge < -0.3 is 5.73 Å². The molecule has 0 saturated carbocycles. The van der Waals surface area contributed by atoms with Crippen molar-refractivity contribution in [2.45, 2.75) is 39.0 Å². The lowest BCUT2D eigenvalue weighted by Gasteiger charge is -2.15. The maximum atomic E-state index is 5.88. The number of hydrogen-bond donors (Lipinski definition) is 1. The molecule has 84 valence electrons. The smallest absolute Gasteiger partial charge is 0.0688 e. The van der Waals surface area contributed by atoms with Crippen molar-refractivity contribution in [3.8, 4) is 0 Å². The van der Waals surface area contributed by atoms with E-state index < -0.39 is 0 Å². The van der Waals surface area contributed by atoms with Crippen LogP contribution in [-0.2, 0) is 13.5 Å². The molecule has 2 atom stereocenters. The molecule has 1 aliphatic rings. The molecule has 2 rings (SSSR count). The Hall–Kier alpha value is -0.830. The van der Waals surface area contributed by atoms with Gasteiger partial charge in [0.05, 0.1) is 5.69 Å². The molecule has 3 heteroatoms. The van der Waals surface area contributed by atoms with Crippen LogP contribution >= 0.6 is 0 Å². The minimum atomic E-state index is 0.499. The molecule has 3 nitrogen and oxygen atoms in total. The Bertz CT molecular complexity index is 365. The van der Waals surface area contributed by atoms with Crippen LogP contribution in [0.4, 0.5) is 0 Å². The monoisotopic (exact) mass is 207 g/mol. The predicted molar refractivity (Wildman–Crippen MR) is 62.0 cm³/mol. The quantitative estimate of drug-likeness (QED) is 0.803. The third-order valence-electron chi connectivity index (χ3n) is 3.61. The molecule has 0 bridgehead atoms. The summed E-state index contributed by atoms with van der Waals surface area (Å²) in [7, 11) is 2.05. The van der Waals surface area contributed by atoms with Gasteiger partial charge in [-0.05, 0) is 24.8 Å². The van der Waals surface area contributed by atoms with Gasteiger partial charge in [-0.3, -0.25) is 4.68 Å². The maximum absolute atomic E-state index is 5.88. The Morgan fingerprint density at radius 2 is 2.20 bits per heavy atom. The number of aryl methyl sites for hydroxylation is 1. The van der Waals surface area contributed by atoms with Crippen molar-refractivity contribution in [3.05, 3.63) is 17.0 Å². The number of hydrogen-bond acceptors (Lipinski definition) is 2. The summed E-state index contributed by atoms with van der Waals surface area (Å²) in [6.07, 6.45) is 1.13. The molecule has 1 aliphatic carbocycles. The minimum absolute atomic E-state index is 0.499. The van der Waals surface area contributed by atoms with Gasteiger partial charge in [-0.25, -0.2) is 0 Å². The number of nitrogens with zero attached hydrogens (tertiary/aromatic N) is 2. The Morgan fingerprint density at radius 1 is 1.53 bits per heavy atom. The lowest BCUT2D eigenvalue weighted by atomic mass is 9.91. The molecule has 0 radical (unpaired) electrons. The van der Waals surface area contributed by atoms with E-state index in [1.54, 1.807) is 0 Å². The summed E-state index contributed by atoms with van der Waals surface area (Å²) in [5.41, 5.74) is 9.99. The van der Waals surface area contributed by atoms with E-state index in [1.165, 1.54) is 17.0 Å². The largest absolute Gasteiger partial charge is 0.330 e. The van der Waals surface area contributed by atoms with Crippen LogP contribution in [0.15, 0.2) is 0 Å². The van der Waals surface area contributed by atoms with Gasteiger partial charge in [0.15, 0.2) is 0 Å². The van der Waals surface area contributed by atoms with Gasteiger partial charge in [0, 0.05) is 24.2 Å². The van der Waals surface area contributed by atoms with Crippen LogP contribution in [0.1, 0.15) is 49.6 Å². The molecule has 2 N–H and O–H groups in total. The number of nitrogens with two attached hydrogens (primary N) is 1. The first kappa shape index (κ1) is 10.7. The first-order valence-electron chi connectivity index (χ1n) is 5.82. The molecule has 15 heavy (non-hydrogen) atoms. The van der Waals surface area contributed by atoms with E-state index in [9.17, 15) is 0 Å². The first-order chi connectivity index (χ1) is 7.06. The summed E-state index contributed by atoms with van der Waals surface area (Å²) >= 11 is 0. The molecule has 1 aromatic rings. The molecule has 0 aliphatic heterocycles. The Balaban J connectivity index is 2.51. The van der Waals surface area contributed by atoms with E-state index in [0.29, 0.717) is 17.8 Å². The Labute approximate surface area is 91.7 Å². The van der Waals surface area contributed by atoms with Crippen molar-refractivity contribution in [2.75, 3.05) is 6.54 Å². The minimum Gasteiger partial charge on any atom is -0.330 e. The molecule has 1 aromatic heterocycles. The van der Waals surface area contributed by atoms with Crippen molar-refractivity contribution in [2.24, 2.45) is 18.7 Å². The van der Waals surface area contributed by atoms with E-state index in [4.69, 9.17) is 5.73 Å². The van der Waals surface area contributed by atoms with Crippen LogP contribution in [0, 0.1) is 5.92 Å². The fourth-order valence-corrected chi connectivity index (χ4v) is 2.75. The second-order valence-corrected chi connectivity index (χ2v) is 5.05. The summed E-state index contributed by atoms with van der Waals surface area (Å²) in [6, 6.07) is 0. The molecule has 2 unspecified atom stereocenters. The maximum Gasteiger partial charge on any atom is 0.0688 e. The zero-order valence-electron chi connectivity index (χ0n) is 10.1. The highest BCUT2D eigenvalue weighted by Gasteiger charge is 2.34. The van der Waals surface area contributed by atoms with Crippen LogP contribution in [0.2, 0.25) is 0 Å². The standard InChI is InChI=1S/C12H21N3/c1-7(2)12-11-9(6-13)8(3)5-10(11)15(4)14-12/h7-9H,5-6,13H2,1-4H3. The van der Waals surface area contributed by atoms with E-state index in [2.05, 4.69) is 37.6 Å². The fourth-order valence-electron chi connectivity index (χ4n) is 2.75. The van der Waals surface area contributed by atoms with Crippen LogP contribution < -0.4 is 5.73 Å². The summed E-state index contributed by atoms with van der Waals surface area (Å²) in [4.78, 5) is 0. The molecular formula is C12H21N3. The van der Waals surface area contributed by atoms with Crippen molar-refractivity contribution >= 4 is 0 Å². The predicted octanol–water partition coefficient (Wildman–Crippen LogP) is 1.78. The average molecular weight is 207 g/mol. The highest BCUT2D eigenvalue weighted by atomic mass is 15.3. The summed E-state index contributed by atoms with van der Waals surface area (Å²) in [5.74, 6) is 1.69. The fraction of sp³-hybridized carbons (Fsp3) is 0.750. The summed E-state index contributed by atoms with van der Waals surface area (Å²) in [5, 5.41) is 4.63. The number of aromatic nitrogens is 2. The van der Waals surface area contributed by atoms with Gasteiger partial charge in [-0.2, -0.15) is 5.10 Å². The van der Waals surface area contributed by atoms with Crippen molar-refractivity contribution in [1.29, 1.82) is 0 Å². The molecule has 1 heterocycles. The second-order valence-electron chi connectivity index (χ2n) is 5.05. The zero-order valence-corrected chi connectivity index (χ0v) is 10.1. The third-order valence-corrected chi connectivity index (χ3v) is 3.61. The first-order valence-corrected chi connectivity index (χ1v) is 5.82. The molecule has 0 saturated heterocycles. The zero-order chi connectivity index (χ0) is 11.2. The Morgan fingerprint density at radius 3 is 2.73 bits per heavy atom. The van der Waals surface area contributed by atoms with Gasteiger partial charge in [0.25, 0.3) is 0 Å². The molecule has 0 aromatic carbocycles. The van der Waals surface area contributed by atoms with E-state index in [1.807, 2.05) is 0 Å². The molecular weight excluding hydrogens is 186 g/mol. The molecule has 0 spiro atoms. The third kappa shape index (κ3) is 1.49. The highest BCUT2D eigenvalue weighted by molar-refractivity contribution is 5.37. The van der Waals surface area contributed by atoms with Crippen molar-refractivity contribution in [1.82, 2.24) is 9.78 Å². The van der Waals surface area contributed by atoms with Gasteiger partial charge >= 0.3 is 0 Å². The SMILES string of the molecule is CC(C)c1nn(C)c2c1C(CN)C(C)C2. The van der Waals surface area contributed by atoms with Crippen molar-refractivity contribution in [3.63, 3.8) is 0 Å². The Kier molecular flexibility index (Phi) is 2.59.